The number of benzene rings is 2. The third-order valence-electron chi connectivity index (χ3n) is 3.66. The van der Waals surface area contributed by atoms with Gasteiger partial charge in [0.2, 0.25) is 0 Å². The van der Waals surface area contributed by atoms with Gasteiger partial charge in [0, 0.05) is 16.9 Å². The molecule has 0 spiro atoms. The summed E-state index contributed by atoms with van der Waals surface area (Å²) in [6.45, 7) is 2.18. The Hall–Kier alpha value is -2.12. The first-order valence-electron chi connectivity index (χ1n) is 7.22. The minimum absolute atomic E-state index is 0.0941. The van der Waals surface area contributed by atoms with Crippen LogP contribution in [0.15, 0.2) is 75.1 Å². The monoisotopic (exact) mass is 406 g/mol. The molecule has 0 aliphatic heterocycles. The third kappa shape index (κ3) is 3.22. The van der Waals surface area contributed by atoms with E-state index >= 15 is 0 Å². The number of hydrogen-bond acceptors (Lipinski definition) is 3. The average Bonchev–Trinajstić information content (AvgIpc) is 2.92. The zero-order valence-electron chi connectivity index (χ0n) is 12.9. The van der Waals surface area contributed by atoms with E-state index in [1.807, 2.05) is 31.2 Å². The van der Waals surface area contributed by atoms with Gasteiger partial charge in [0.25, 0.3) is 10.0 Å². The largest absolute Gasteiger partial charge is 0.342 e. The SMILES string of the molecule is Cc1ccc(S(=O)(=O)n2ccn(Cc3ccc(Br)cc3)c2=O)cc1. The average molecular weight is 407 g/mol. The van der Waals surface area contributed by atoms with Crippen LogP contribution in [0.1, 0.15) is 11.1 Å². The number of imidazole rings is 1. The molecule has 0 radical (unpaired) electrons. The van der Waals surface area contributed by atoms with Crippen molar-refractivity contribution >= 4 is 26.0 Å². The molecule has 0 aliphatic rings. The number of rotatable bonds is 4. The lowest BCUT2D eigenvalue weighted by Crippen LogP contribution is -2.29. The van der Waals surface area contributed by atoms with Gasteiger partial charge in [-0.15, -0.1) is 0 Å². The highest BCUT2D eigenvalue weighted by Crippen LogP contribution is 2.14. The van der Waals surface area contributed by atoms with Gasteiger partial charge in [0.1, 0.15) is 0 Å². The summed E-state index contributed by atoms with van der Waals surface area (Å²) in [5, 5.41) is 0. The van der Waals surface area contributed by atoms with E-state index < -0.39 is 15.7 Å². The number of halogens is 1. The van der Waals surface area contributed by atoms with Crippen LogP contribution in [0.2, 0.25) is 0 Å². The van der Waals surface area contributed by atoms with Crippen molar-refractivity contribution in [1.29, 1.82) is 0 Å². The van der Waals surface area contributed by atoms with Crippen LogP contribution in [0.4, 0.5) is 0 Å². The molecule has 1 aromatic heterocycles. The summed E-state index contributed by atoms with van der Waals surface area (Å²) < 4.78 is 28.3. The van der Waals surface area contributed by atoms with E-state index in [4.69, 9.17) is 0 Å². The molecule has 0 atom stereocenters. The fourth-order valence-electron chi connectivity index (χ4n) is 2.31. The lowest BCUT2D eigenvalue weighted by molar-refractivity contribution is 0.583. The maximum atomic E-state index is 12.6. The summed E-state index contributed by atoms with van der Waals surface area (Å²) in [4.78, 5) is 12.6. The first kappa shape index (κ1) is 16.7. The number of aromatic nitrogens is 2. The van der Waals surface area contributed by atoms with E-state index in [0.29, 0.717) is 6.54 Å². The van der Waals surface area contributed by atoms with Gasteiger partial charge in [0.05, 0.1) is 11.4 Å². The summed E-state index contributed by atoms with van der Waals surface area (Å²) in [7, 11) is -3.89. The minimum Gasteiger partial charge on any atom is -0.294 e. The van der Waals surface area contributed by atoms with E-state index in [2.05, 4.69) is 15.9 Å². The Balaban J connectivity index is 1.96. The van der Waals surface area contributed by atoms with Crippen LogP contribution >= 0.6 is 15.9 Å². The second-order valence-corrected chi connectivity index (χ2v) is 8.18. The molecule has 1 heterocycles. The Labute approximate surface area is 148 Å². The number of aryl methyl sites for hydroxylation is 1. The molecule has 124 valence electrons. The van der Waals surface area contributed by atoms with Crippen molar-refractivity contribution in [1.82, 2.24) is 8.54 Å². The highest BCUT2D eigenvalue weighted by atomic mass is 79.9. The first-order chi connectivity index (χ1) is 11.4. The van der Waals surface area contributed by atoms with Gasteiger partial charge in [-0.25, -0.2) is 13.2 Å². The summed E-state index contributed by atoms with van der Waals surface area (Å²) in [6.07, 6.45) is 2.77. The predicted molar refractivity (Wildman–Crippen MR) is 95.7 cm³/mol. The van der Waals surface area contributed by atoms with Crippen LogP contribution in [0.25, 0.3) is 0 Å². The molecule has 0 aliphatic carbocycles. The van der Waals surface area contributed by atoms with E-state index in [1.54, 1.807) is 12.1 Å². The maximum absolute atomic E-state index is 12.6. The first-order valence-corrected chi connectivity index (χ1v) is 9.46. The molecule has 3 rings (SSSR count). The Kier molecular flexibility index (Phi) is 4.47. The lowest BCUT2D eigenvalue weighted by Gasteiger charge is -2.05. The van der Waals surface area contributed by atoms with Crippen molar-refractivity contribution in [2.45, 2.75) is 18.4 Å². The molecule has 24 heavy (non-hydrogen) atoms. The lowest BCUT2D eigenvalue weighted by atomic mass is 10.2. The Morgan fingerprint density at radius 2 is 1.58 bits per heavy atom. The van der Waals surface area contributed by atoms with Crippen LogP contribution in [0.3, 0.4) is 0 Å². The van der Waals surface area contributed by atoms with Gasteiger partial charge in [-0.3, -0.25) is 4.57 Å². The Bertz CT molecular complexity index is 1020. The molecule has 7 heteroatoms. The Morgan fingerprint density at radius 1 is 0.958 bits per heavy atom. The summed E-state index contributed by atoms with van der Waals surface area (Å²) in [5.74, 6) is 0. The standard InChI is InChI=1S/C17H15BrN2O3S/c1-13-2-8-16(9-3-13)24(22,23)20-11-10-19(17(20)21)12-14-4-6-15(18)7-5-14/h2-11H,12H2,1H3. The van der Waals surface area contributed by atoms with Crippen molar-refractivity contribution in [3.63, 3.8) is 0 Å². The molecule has 3 aromatic rings. The summed E-state index contributed by atoms with van der Waals surface area (Å²) >= 11 is 3.35. The molecular formula is C17H15BrN2O3S. The molecule has 0 bridgehead atoms. The minimum atomic E-state index is -3.89. The van der Waals surface area contributed by atoms with Crippen LogP contribution in [0.5, 0.6) is 0 Å². The molecule has 0 N–H and O–H groups in total. The molecule has 0 unspecified atom stereocenters. The van der Waals surface area contributed by atoms with Crippen LogP contribution in [-0.2, 0) is 16.6 Å². The van der Waals surface area contributed by atoms with Gasteiger partial charge in [-0.2, -0.15) is 3.97 Å². The maximum Gasteiger partial charge on any atom is 0.342 e. The zero-order valence-corrected chi connectivity index (χ0v) is 15.3. The Morgan fingerprint density at radius 3 is 2.21 bits per heavy atom. The van der Waals surface area contributed by atoms with E-state index in [0.717, 1.165) is 19.6 Å². The number of hydrogen-bond donors (Lipinski definition) is 0. The topological polar surface area (TPSA) is 61.1 Å². The van der Waals surface area contributed by atoms with Crippen LogP contribution in [-0.4, -0.2) is 17.0 Å². The zero-order chi connectivity index (χ0) is 17.3. The van der Waals surface area contributed by atoms with Crippen molar-refractivity contribution in [3.05, 3.63) is 87.0 Å². The number of nitrogens with zero attached hydrogens (tertiary/aromatic N) is 2. The van der Waals surface area contributed by atoms with Crippen molar-refractivity contribution in [3.8, 4) is 0 Å². The smallest absolute Gasteiger partial charge is 0.294 e. The summed E-state index contributed by atoms with van der Waals surface area (Å²) in [5.41, 5.74) is 1.28. The van der Waals surface area contributed by atoms with Gasteiger partial charge < -0.3 is 0 Å². The quantitative estimate of drug-likeness (QED) is 0.668. The van der Waals surface area contributed by atoms with Gasteiger partial charge in [-0.1, -0.05) is 45.8 Å². The second-order valence-electron chi connectivity index (χ2n) is 5.45. The highest BCUT2D eigenvalue weighted by Gasteiger charge is 2.20. The highest BCUT2D eigenvalue weighted by molar-refractivity contribution is 9.10. The molecule has 0 saturated heterocycles. The van der Waals surface area contributed by atoms with Gasteiger partial charge in [-0.05, 0) is 36.8 Å². The molecule has 5 nitrogen and oxygen atoms in total. The predicted octanol–water partition coefficient (Wildman–Crippen LogP) is 3.01. The van der Waals surface area contributed by atoms with Gasteiger partial charge >= 0.3 is 5.69 Å². The molecule has 0 saturated carbocycles. The molecule has 2 aromatic carbocycles. The van der Waals surface area contributed by atoms with E-state index in [9.17, 15) is 13.2 Å². The van der Waals surface area contributed by atoms with Crippen LogP contribution < -0.4 is 5.69 Å². The fourth-order valence-corrected chi connectivity index (χ4v) is 3.81. The van der Waals surface area contributed by atoms with E-state index in [1.165, 1.54) is 29.1 Å². The molecule has 0 fully saturated rings. The second kappa shape index (κ2) is 6.41. The van der Waals surface area contributed by atoms with Gasteiger partial charge in [0.15, 0.2) is 0 Å². The van der Waals surface area contributed by atoms with Crippen LogP contribution in [0, 0.1) is 6.92 Å². The van der Waals surface area contributed by atoms with E-state index in [-0.39, 0.29) is 4.90 Å². The van der Waals surface area contributed by atoms with Crippen molar-refractivity contribution < 1.29 is 8.42 Å². The van der Waals surface area contributed by atoms with Crippen molar-refractivity contribution in [2.75, 3.05) is 0 Å². The summed E-state index contributed by atoms with van der Waals surface area (Å²) in [6, 6.07) is 13.9. The normalized spacial score (nSPS) is 11.6. The van der Waals surface area contributed by atoms with Crippen molar-refractivity contribution in [2.24, 2.45) is 0 Å². The molecular weight excluding hydrogens is 392 g/mol. The fraction of sp³-hybridized carbons (Fsp3) is 0.118. The third-order valence-corrected chi connectivity index (χ3v) is 5.85. The molecule has 0 amide bonds.